The van der Waals surface area contributed by atoms with Crippen LogP contribution in [0.2, 0.25) is 0 Å². The molecule has 1 aromatic heterocycles. The zero-order chi connectivity index (χ0) is 14.1. The monoisotopic (exact) mass is 271 g/mol. The quantitative estimate of drug-likeness (QED) is 0.791. The highest BCUT2D eigenvalue weighted by molar-refractivity contribution is 6.21. The molecule has 2 heterocycles. The van der Waals surface area contributed by atoms with Gasteiger partial charge in [0, 0.05) is 12.4 Å². The largest absolute Gasteiger partial charge is 0.497 e. The molecular formula is C14H13N3O3. The molecule has 0 aliphatic carbocycles. The van der Waals surface area contributed by atoms with E-state index in [0.29, 0.717) is 11.4 Å². The van der Waals surface area contributed by atoms with Crippen LogP contribution >= 0.6 is 0 Å². The first-order valence-electron chi connectivity index (χ1n) is 6.19. The molecule has 1 saturated heterocycles. The number of aromatic nitrogens is 2. The number of hydrogen-bond donors (Lipinski definition) is 0. The number of imidazole rings is 1. The lowest BCUT2D eigenvalue weighted by Gasteiger charge is -2.15. The number of methoxy groups -OCH3 is 1. The Hall–Kier alpha value is -2.63. The van der Waals surface area contributed by atoms with E-state index in [9.17, 15) is 9.59 Å². The van der Waals surface area contributed by atoms with Gasteiger partial charge in [-0.1, -0.05) is 0 Å². The summed E-state index contributed by atoms with van der Waals surface area (Å²) in [5.41, 5.74) is 0.559. The molecule has 6 heteroatoms. The van der Waals surface area contributed by atoms with Crippen LogP contribution in [0, 0.1) is 0 Å². The Morgan fingerprint density at radius 2 is 2.00 bits per heavy atom. The van der Waals surface area contributed by atoms with Gasteiger partial charge < -0.3 is 9.30 Å². The van der Waals surface area contributed by atoms with E-state index in [1.54, 1.807) is 54.7 Å². The van der Waals surface area contributed by atoms with Crippen molar-refractivity contribution in [3.63, 3.8) is 0 Å². The molecule has 1 fully saturated rings. The molecule has 2 amide bonds. The fourth-order valence-electron chi connectivity index (χ4n) is 2.31. The molecule has 3 rings (SSSR count). The lowest BCUT2D eigenvalue weighted by Crippen LogP contribution is -2.30. The number of ether oxygens (including phenoxy) is 1. The van der Waals surface area contributed by atoms with Gasteiger partial charge in [-0.05, 0) is 24.3 Å². The average molecular weight is 271 g/mol. The Balaban J connectivity index is 1.90. The molecular weight excluding hydrogens is 258 g/mol. The summed E-state index contributed by atoms with van der Waals surface area (Å²) in [7, 11) is 1.57. The van der Waals surface area contributed by atoms with Crippen LogP contribution < -0.4 is 9.64 Å². The van der Waals surface area contributed by atoms with E-state index in [1.807, 2.05) is 0 Å². The summed E-state index contributed by atoms with van der Waals surface area (Å²) in [4.78, 5) is 29.6. The number of nitrogens with zero attached hydrogens (tertiary/aromatic N) is 3. The first-order chi connectivity index (χ1) is 9.70. The zero-order valence-corrected chi connectivity index (χ0v) is 10.9. The van der Waals surface area contributed by atoms with Crippen LogP contribution in [0.5, 0.6) is 5.75 Å². The molecule has 6 nitrogen and oxygen atoms in total. The van der Waals surface area contributed by atoms with Crippen molar-refractivity contribution in [2.75, 3.05) is 12.0 Å². The van der Waals surface area contributed by atoms with Crippen LogP contribution in [0.25, 0.3) is 0 Å². The van der Waals surface area contributed by atoms with Gasteiger partial charge in [-0.15, -0.1) is 0 Å². The second-order valence-electron chi connectivity index (χ2n) is 4.50. The molecule has 0 N–H and O–H groups in total. The summed E-state index contributed by atoms with van der Waals surface area (Å²) < 4.78 is 6.72. The maximum Gasteiger partial charge on any atom is 0.257 e. The molecule has 1 atom stereocenters. The van der Waals surface area contributed by atoms with Crippen LogP contribution in [0.1, 0.15) is 12.5 Å². The number of carbonyl (C=O) groups is 2. The van der Waals surface area contributed by atoms with Gasteiger partial charge in [0.25, 0.3) is 5.91 Å². The lowest BCUT2D eigenvalue weighted by molar-refractivity contribution is -0.122. The number of rotatable bonds is 3. The predicted molar refractivity (Wildman–Crippen MR) is 71.4 cm³/mol. The minimum atomic E-state index is -0.507. The highest BCUT2D eigenvalue weighted by Gasteiger charge is 2.40. The standard InChI is InChI=1S/C14H13N3O3/c1-20-11-4-2-10(3-5-11)17-13(18)8-12(14(17)19)16-7-6-15-9-16/h2-7,9,12H,8H2,1H3. The van der Waals surface area contributed by atoms with Crippen molar-refractivity contribution >= 4 is 17.5 Å². The predicted octanol–water partition coefficient (Wildman–Crippen LogP) is 1.40. The fourth-order valence-corrected chi connectivity index (χ4v) is 2.31. The number of imide groups is 1. The van der Waals surface area contributed by atoms with Crippen LogP contribution in [0.15, 0.2) is 43.0 Å². The SMILES string of the molecule is COc1ccc(N2C(=O)CC(n3ccnc3)C2=O)cc1. The summed E-state index contributed by atoms with van der Waals surface area (Å²) in [5.74, 6) is 0.232. The lowest BCUT2D eigenvalue weighted by atomic mass is 10.2. The van der Waals surface area contributed by atoms with Gasteiger partial charge in [0.15, 0.2) is 0 Å². The van der Waals surface area contributed by atoms with Crippen LogP contribution in [-0.2, 0) is 9.59 Å². The van der Waals surface area contributed by atoms with Crippen LogP contribution in [-0.4, -0.2) is 28.5 Å². The maximum absolute atomic E-state index is 12.4. The van der Waals surface area contributed by atoms with Crippen molar-refractivity contribution < 1.29 is 14.3 Å². The summed E-state index contributed by atoms with van der Waals surface area (Å²) >= 11 is 0. The molecule has 1 aromatic carbocycles. The van der Waals surface area contributed by atoms with Gasteiger partial charge in [0.05, 0.1) is 25.5 Å². The number of hydrogen-bond acceptors (Lipinski definition) is 4. The second kappa shape index (κ2) is 4.80. The molecule has 2 aromatic rings. The molecule has 20 heavy (non-hydrogen) atoms. The zero-order valence-electron chi connectivity index (χ0n) is 10.9. The summed E-state index contributed by atoms with van der Waals surface area (Å²) in [5, 5.41) is 0. The Bertz CT molecular complexity index is 634. The maximum atomic E-state index is 12.4. The van der Waals surface area contributed by atoms with Gasteiger partial charge in [-0.3, -0.25) is 9.59 Å². The molecule has 1 unspecified atom stereocenters. The normalized spacial score (nSPS) is 18.6. The molecule has 1 aliphatic rings. The van der Waals surface area contributed by atoms with E-state index in [2.05, 4.69) is 4.98 Å². The van der Waals surface area contributed by atoms with E-state index >= 15 is 0 Å². The number of amides is 2. The Morgan fingerprint density at radius 3 is 2.60 bits per heavy atom. The molecule has 0 radical (unpaired) electrons. The molecule has 0 bridgehead atoms. The number of anilines is 1. The number of benzene rings is 1. The van der Waals surface area contributed by atoms with Gasteiger partial charge in [-0.25, -0.2) is 9.88 Å². The highest BCUT2D eigenvalue weighted by atomic mass is 16.5. The topological polar surface area (TPSA) is 64.4 Å². The summed E-state index contributed by atoms with van der Waals surface area (Å²) in [6, 6.07) is 6.34. The molecule has 0 saturated carbocycles. The third kappa shape index (κ3) is 1.95. The third-order valence-electron chi connectivity index (χ3n) is 3.34. The van der Waals surface area contributed by atoms with E-state index in [-0.39, 0.29) is 18.2 Å². The van der Waals surface area contributed by atoms with Crippen molar-refractivity contribution in [3.8, 4) is 5.75 Å². The first-order valence-corrected chi connectivity index (χ1v) is 6.19. The van der Waals surface area contributed by atoms with E-state index in [4.69, 9.17) is 4.74 Å². The second-order valence-corrected chi connectivity index (χ2v) is 4.50. The van der Waals surface area contributed by atoms with Crippen LogP contribution in [0.4, 0.5) is 5.69 Å². The van der Waals surface area contributed by atoms with Crippen molar-refractivity contribution in [1.82, 2.24) is 9.55 Å². The average Bonchev–Trinajstić information content (AvgIpc) is 3.07. The fraction of sp³-hybridized carbons (Fsp3) is 0.214. The molecule has 102 valence electrons. The first kappa shape index (κ1) is 12.4. The molecule has 0 spiro atoms. The van der Waals surface area contributed by atoms with Gasteiger partial charge in [0.2, 0.25) is 5.91 Å². The Morgan fingerprint density at radius 1 is 1.25 bits per heavy atom. The van der Waals surface area contributed by atoms with Crippen molar-refractivity contribution in [3.05, 3.63) is 43.0 Å². The third-order valence-corrected chi connectivity index (χ3v) is 3.34. The van der Waals surface area contributed by atoms with Crippen molar-refractivity contribution in [2.45, 2.75) is 12.5 Å². The minimum Gasteiger partial charge on any atom is -0.497 e. The van der Waals surface area contributed by atoms with Crippen LogP contribution in [0.3, 0.4) is 0 Å². The minimum absolute atomic E-state index is 0.154. The smallest absolute Gasteiger partial charge is 0.257 e. The Labute approximate surface area is 115 Å². The van der Waals surface area contributed by atoms with Gasteiger partial charge >= 0.3 is 0 Å². The van der Waals surface area contributed by atoms with Crippen molar-refractivity contribution in [2.24, 2.45) is 0 Å². The number of carbonyl (C=O) groups excluding carboxylic acids is 2. The van der Waals surface area contributed by atoms with E-state index in [0.717, 1.165) is 0 Å². The van der Waals surface area contributed by atoms with Gasteiger partial charge in [0.1, 0.15) is 11.8 Å². The van der Waals surface area contributed by atoms with E-state index < -0.39 is 6.04 Å². The molecule has 1 aliphatic heterocycles. The highest BCUT2D eigenvalue weighted by Crippen LogP contribution is 2.30. The Kier molecular flexibility index (Phi) is 2.98. The van der Waals surface area contributed by atoms with E-state index in [1.165, 1.54) is 4.90 Å². The van der Waals surface area contributed by atoms with Crippen molar-refractivity contribution in [1.29, 1.82) is 0 Å². The summed E-state index contributed by atoms with van der Waals surface area (Å²) in [6.07, 6.45) is 4.98. The summed E-state index contributed by atoms with van der Waals surface area (Å²) in [6.45, 7) is 0. The van der Waals surface area contributed by atoms with Gasteiger partial charge in [-0.2, -0.15) is 0 Å².